The molecule has 1 N–H and O–H groups in total. The van der Waals surface area contributed by atoms with Crippen LogP contribution in [0.25, 0.3) is 10.9 Å². The second-order valence-electron chi connectivity index (χ2n) is 5.41. The highest BCUT2D eigenvalue weighted by Crippen LogP contribution is 2.17. The first-order chi connectivity index (χ1) is 10.7. The number of carbonyl (C=O) groups is 1. The summed E-state index contributed by atoms with van der Waals surface area (Å²) in [5, 5.41) is 8.41. The second-order valence-corrected chi connectivity index (χ2v) is 5.41. The van der Waals surface area contributed by atoms with Crippen molar-refractivity contribution < 1.29 is 4.79 Å². The molecule has 3 rings (SSSR count). The molecule has 0 bridgehead atoms. The van der Waals surface area contributed by atoms with Gasteiger partial charge in [0.05, 0.1) is 11.7 Å². The average Bonchev–Trinajstić information content (AvgIpc) is 3.12. The number of amides is 1. The van der Waals surface area contributed by atoms with E-state index in [4.69, 9.17) is 0 Å². The third-order valence-corrected chi connectivity index (χ3v) is 3.95. The van der Waals surface area contributed by atoms with Crippen LogP contribution in [0.1, 0.15) is 25.1 Å². The van der Waals surface area contributed by atoms with Gasteiger partial charge in [-0.1, -0.05) is 25.1 Å². The van der Waals surface area contributed by atoms with E-state index in [1.165, 1.54) is 0 Å². The van der Waals surface area contributed by atoms with Crippen molar-refractivity contribution >= 4 is 16.8 Å². The maximum absolute atomic E-state index is 12.4. The Morgan fingerprint density at radius 1 is 1.27 bits per heavy atom. The Morgan fingerprint density at radius 3 is 2.82 bits per heavy atom. The molecule has 0 fully saturated rings. The predicted octanol–water partition coefficient (Wildman–Crippen LogP) is 2.64. The molecule has 3 aromatic rings. The van der Waals surface area contributed by atoms with Gasteiger partial charge in [-0.25, -0.2) is 0 Å². The first-order valence-corrected chi connectivity index (χ1v) is 7.50. The summed E-state index contributed by atoms with van der Waals surface area (Å²) < 4.78 is 3.78. The number of nitrogens with zero attached hydrogens (tertiary/aromatic N) is 3. The van der Waals surface area contributed by atoms with Crippen LogP contribution in [-0.4, -0.2) is 20.3 Å². The zero-order chi connectivity index (χ0) is 15.5. The van der Waals surface area contributed by atoms with Crippen LogP contribution < -0.4 is 5.32 Å². The molecular formula is C17H20N4O. The van der Waals surface area contributed by atoms with E-state index in [9.17, 15) is 4.79 Å². The molecule has 5 nitrogen and oxygen atoms in total. The molecule has 0 aliphatic carbocycles. The van der Waals surface area contributed by atoms with Gasteiger partial charge in [0.2, 0.25) is 5.91 Å². The number of aryl methyl sites for hydroxylation is 1. The summed E-state index contributed by atoms with van der Waals surface area (Å²) in [7, 11) is 1.89. The minimum Gasteiger partial charge on any atom is -0.346 e. The lowest BCUT2D eigenvalue weighted by molar-refractivity contribution is -0.122. The molecule has 2 aromatic heterocycles. The van der Waals surface area contributed by atoms with Crippen LogP contribution >= 0.6 is 0 Å². The van der Waals surface area contributed by atoms with Gasteiger partial charge in [0.1, 0.15) is 6.54 Å². The number of para-hydroxylation sites is 1. The molecule has 1 atom stereocenters. The zero-order valence-corrected chi connectivity index (χ0v) is 12.9. The lowest BCUT2D eigenvalue weighted by Crippen LogP contribution is -2.32. The number of hydrogen-bond acceptors (Lipinski definition) is 2. The third-order valence-electron chi connectivity index (χ3n) is 3.95. The number of aromatic nitrogens is 3. The summed E-state index contributed by atoms with van der Waals surface area (Å²) >= 11 is 0. The van der Waals surface area contributed by atoms with Crippen molar-refractivity contribution in [1.29, 1.82) is 0 Å². The van der Waals surface area contributed by atoms with Crippen LogP contribution in [-0.2, 0) is 18.4 Å². The molecule has 0 saturated carbocycles. The molecular weight excluding hydrogens is 276 g/mol. The van der Waals surface area contributed by atoms with Crippen LogP contribution in [0.3, 0.4) is 0 Å². The van der Waals surface area contributed by atoms with E-state index in [0.29, 0.717) is 6.54 Å². The monoisotopic (exact) mass is 296 g/mol. The van der Waals surface area contributed by atoms with Crippen molar-refractivity contribution in [3.8, 4) is 0 Å². The van der Waals surface area contributed by atoms with Gasteiger partial charge in [-0.05, 0) is 30.0 Å². The first-order valence-electron chi connectivity index (χ1n) is 7.50. The van der Waals surface area contributed by atoms with Crippen molar-refractivity contribution in [2.45, 2.75) is 25.9 Å². The molecule has 5 heteroatoms. The molecule has 22 heavy (non-hydrogen) atoms. The molecule has 1 aromatic carbocycles. The summed E-state index contributed by atoms with van der Waals surface area (Å²) in [5.41, 5.74) is 2.10. The standard InChI is InChI=1S/C17H20N4O/c1-3-14(16-8-10-18-20(16)2)19-17(22)12-21-11-9-13-6-4-5-7-15(13)21/h4-11,14H,3,12H2,1-2H3,(H,19,22)/t14-/m1/s1. The molecule has 0 radical (unpaired) electrons. The fraction of sp³-hybridized carbons (Fsp3) is 0.294. The molecule has 114 valence electrons. The van der Waals surface area contributed by atoms with Crippen LogP contribution in [0, 0.1) is 0 Å². The van der Waals surface area contributed by atoms with Gasteiger partial charge < -0.3 is 9.88 Å². The highest BCUT2D eigenvalue weighted by Gasteiger charge is 2.16. The van der Waals surface area contributed by atoms with Gasteiger partial charge in [0.25, 0.3) is 0 Å². The maximum Gasteiger partial charge on any atom is 0.240 e. The predicted molar refractivity (Wildman–Crippen MR) is 86.3 cm³/mol. The molecule has 0 saturated heterocycles. The van der Waals surface area contributed by atoms with Crippen molar-refractivity contribution in [3.05, 3.63) is 54.5 Å². The normalized spacial score (nSPS) is 12.5. The number of hydrogen-bond donors (Lipinski definition) is 1. The van der Waals surface area contributed by atoms with E-state index in [2.05, 4.69) is 17.3 Å². The van der Waals surface area contributed by atoms with Crippen molar-refractivity contribution in [1.82, 2.24) is 19.7 Å². The maximum atomic E-state index is 12.4. The molecule has 2 heterocycles. The van der Waals surface area contributed by atoms with Gasteiger partial charge in [0.15, 0.2) is 0 Å². The fourth-order valence-corrected chi connectivity index (χ4v) is 2.78. The van der Waals surface area contributed by atoms with Gasteiger partial charge in [-0.3, -0.25) is 9.48 Å². The van der Waals surface area contributed by atoms with Crippen LogP contribution in [0.15, 0.2) is 48.8 Å². The van der Waals surface area contributed by atoms with Gasteiger partial charge >= 0.3 is 0 Å². The summed E-state index contributed by atoms with van der Waals surface area (Å²) in [6.45, 7) is 2.38. The Bertz CT molecular complexity index is 787. The summed E-state index contributed by atoms with van der Waals surface area (Å²) in [6.07, 6.45) is 4.54. The molecule has 0 aliphatic rings. The summed E-state index contributed by atoms with van der Waals surface area (Å²) in [5.74, 6) is 0.00871. The lowest BCUT2D eigenvalue weighted by Gasteiger charge is -2.17. The van der Waals surface area contributed by atoms with E-state index in [1.54, 1.807) is 10.9 Å². The number of fused-ring (bicyclic) bond motifs is 1. The fourth-order valence-electron chi connectivity index (χ4n) is 2.78. The van der Waals surface area contributed by atoms with E-state index < -0.39 is 0 Å². The summed E-state index contributed by atoms with van der Waals surface area (Å²) in [4.78, 5) is 12.4. The first kappa shape index (κ1) is 14.4. The Morgan fingerprint density at radius 2 is 2.09 bits per heavy atom. The topological polar surface area (TPSA) is 51.9 Å². The van der Waals surface area contributed by atoms with E-state index in [0.717, 1.165) is 23.0 Å². The van der Waals surface area contributed by atoms with E-state index in [-0.39, 0.29) is 11.9 Å². The second kappa shape index (κ2) is 6.05. The number of carbonyl (C=O) groups excluding carboxylic acids is 1. The molecule has 0 aliphatic heterocycles. The van der Waals surface area contributed by atoms with Crippen molar-refractivity contribution in [2.75, 3.05) is 0 Å². The lowest BCUT2D eigenvalue weighted by atomic mass is 10.1. The van der Waals surface area contributed by atoms with Gasteiger partial charge in [-0.2, -0.15) is 5.10 Å². The van der Waals surface area contributed by atoms with Gasteiger partial charge in [0, 0.05) is 25.0 Å². The Labute approximate surface area is 129 Å². The smallest absolute Gasteiger partial charge is 0.240 e. The van der Waals surface area contributed by atoms with E-state index >= 15 is 0 Å². The van der Waals surface area contributed by atoms with Crippen LogP contribution in [0.2, 0.25) is 0 Å². The average molecular weight is 296 g/mol. The number of benzene rings is 1. The zero-order valence-electron chi connectivity index (χ0n) is 12.9. The quantitative estimate of drug-likeness (QED) is 0.787. The minimum absolute atomic E-state index is 0.00871. The van der Waals surface area contributed by atoms with Crippen LogP contribution in [0.4, 0.5) is 0 Å². The Hall–Kier alpha value is -2.56. The molecule has 1 amide bonds. The molecule has 0 unspecified atom stereocenters. The molecule has 0 spiro atoms. The Balaban J connectivity index is 1.73. The largest absolute Gasteiger partial charge is 0.346 e. The number of rotatable bonds is 5. The number of nitrogens with one attached hydrogen (secondary N) is 1. The van der Waals surface area contributed by atoms with Crippen molar-refractivity contribution in [2.24, 2.45) is 7.05 Å². The minimum atomic E-state index is -0.0122. The third kappa shape index (κ3) is 2.74. The van der Waals surface area contributed by atoms with Crippen molar-refractivity contribution in [3.63, 3.8) is 0 Å². The summed E-state index contributed by atoms with van der Waals surface area (Å²) in [6, 6.07) is 12.0. The van der Waals surface area contributed by atoms with Crippen LogP contribution in [0.5, 0.6) is 0 Å². The highest BCUT2D eigenvalue weighted by molar-refractivity contribution is 5.83. The van der Waals surface area contributed by atoms with E-state index in [1.807, 2.05) is 54.2 Å². The SMILES string of the molecule is CC[C@@H](NC(=O)Cn1ccc2ccccc21)c1ccnn1C. The Kier molecular flexibility index (Phi) is 3.96. The van der Waals surface area contributed by atoms with Gasteiger partial charge in [-0.15, -0.1) is 0 Å². The highest BCUT2D eigenvalue weighted by atomic mass is 16.2.